The zero-order valence-electron chi connectivity index (χ0n) is 22.6. The minimum absolute atomic E-state index is 0.0525. The van der Waals surface area contributed by atoms with Crippen LogP contribution < -0.4 is 4.90 Å². The van der Waals surface area contributed by atoms with Crippen LogP contribution in [0.1, 0.15) is 68.6 Å². The quantitative estimate of drug-likeness (QED) is 0.430. The Morgan fingerprint density at radius 2 is 1.95 bits per heavy atom. The smallest absolute Gasteiger partial charge is 0.308 e. The monoisotopic (exact) mass is 521 g/mol. The Morgan fingerprint density at radius 3 is 2.66 bits per heavy atom. The molecular weight excluding hydrogens is 485 g/mol. The Hall–Kier alpha value is -3.49. The summed E-state index contributed by atoms with van der Waals surface area (Å²) in [4.78, 5) is 33.7. The summed E-state index contributed by atoms with van der Waals surface area (Å²) < 4.78 is 21.9. The molecule has 1 aliphatic heterocycles. The van der Waals surface area contributed by atoms with E-state index >= 15 is 4.39 Å². The van der Waals surface area contributed by atoms with Crippen LogP contribution in [0.2, 0.25) is 0 Å². The number of hydrogen-bond acceptors (Lipinski definition) is 6. The highest BCUT2D eigenvalue weighted by molar-refractivity contribution is 5.93. The van der Waals surface area contributed by atoms with Crippen molar-refractivity contribution < 1.29 is 18.7 Å². The molecule has 2 fully saturated rings. The van der Waals surface area contributed by atoms with Crippen LogP contribution in [0.4, 0.5) is 10.1 Å². The number of aryl methyl sites for hydroxylation is 1. The molecule has 3 aromatic rings. The number of esters is 1. The first kappa shape index (κ1) is 26.1. The molecule has 8 nitrogen and oxygen atoms in total. The van der Waals surface area contributed by atoms with Gasteiger partial charge in [-0.3, -0.25) is 9.59 Å². The number of anilines is 1. The van der Waals surface area contributed by atoms with Gasteiger partial charge in [0.1, 0.15) is 11.5 Å². The number of methoxy groups -OCH3 is 1. The number of ether oxygens (including phenoxy) is 1. The predicted octanol–water partition coefficient (Wildman–Crippen LogP) is 4.89. The lowest BCUT2D eigenvalue weighted by Crippen LogP contribution is -2.45. The Bertz CT molecular complexity index is 1350. The van der Waals surface area contributed by atoms with Crippen molar-refractivity contribution in [2.75, 3.05) is 25.6 Å². The summed E-state index contributed by atoms with van der Waals surface area (Å²) in [5.74, 6) is -0.708. The highest BCUT2D eigenvalue weighted by Crippen LogP contribution is 2.36. The zero-order valence-corrected chi connectivity index (χ0v) is 22.6. The first-order chi connectivity index (χ1) is 18.3. The maximum absolute atomic E-state index is 15.4. The number of benzene rings is 1. The second kappa shape index (κ2) is 10.7. The number of nitrogens with zero attached hydrogens (tertiary/aromatic N) is 5. The van der Waals surface area contributed by atoms with E-state index in [4.69, 9.17) is 4.74 Å². The summed E-state index contributed by atoms with van der Waals surface area (Å²) in [7, 11) is 3.32. The van der Waals surface area contributed by atoms with Gasteiger partial charge in [0.25, 0.3) is 5.91 Å². The zero-order chi connectivity index (χ0) is 27.0. The molecule has 1 atom stereocenters. The van der Waals surface area contributed by atoms with E-state index in [2.05, 4.69) is 17.0 Å². The summed E-state index contributed by atoms with van der Waals surface area (Å²) >= 11 is 0. The Morgan fingerprint density at radius 1 is 1.16 bits per heavy atom. The molecule has 2 aliphatic rings. The molecule has 2 aromatic heterocycles. The van der Waals surface area contributed by atoms with Crippen molar-refractivity contribution in [1.82, 2.24) is 19.5 Å². The number of carbonyl (C=O) groups excluding carboxylic acids is 2. The van der Waals surface area contributed by atoms with Crippen LogP contribution >= 0.6 is 0 Å². The number of amides is 1. The fourth-order valence-corrected chi connectivity index (χ4v) is 5.66. The molecule has 1 amide bonds. The summed E-state index contributed by atoms with van der Waals surface area (Å²) in [5, 5.41) is 4.66. The van der Waals surface area contributed by atoms with Gasteiger partial charge in [0.2, 0.25) is 0 Å². The molecule has 0 N–H and O–H groups in total. The van der Waals surface area contributed by atoms with Gasteiger partial charge in [0.15, 0.2) is 5.65 Å². The average molecular weight is 522 g/mol. The van der Waals surface area contributed by atoms with Gasteiger partial charge < -0.3 is 14.5 Å². The minimum Gasteiger partial charge on any atom is -0.469 e. The molecule has 1 saturated heterocycles. The van der Waals surface area contributed by atoms with E-state index < -0.39 is 0 Å². The second-order valence-corrected chi connectivity index (χ2v) is 10.6. The van der Waals surface area contributed by atoms with Crippen molar-refractivity contribution in [2.45, 2.75) is 70.9 Å². The van der Waals surface area contributed by atoms with Gasteiger partial charge in [-0.2, -0.15) is 5.10 Å². The van der Waals surface area contributed by atoms with Gasteiger partial charge in [0, 0.05) is 48.7 Å². The molecule has 3 heterocycles. The first-order valence-electron chi connectivity index (χ1n) is 13.6. The van der Waals surface area contributed by atoms with E-state index in [0.29, 0.717) is 41.9 Å². The number of likely N-dealkylation sites (tertiary alicyclic amines) is 1. The third-order valence-electron chi connectivity index (χ3n) is 8.23. The van der Waals surface area contributed by atoms with Crippen molar-refractivity contribution in [3.63, 3.8) is 0 Å². The summed E-state index contributed by atoms with van der Waals surface area (Å²) in [6.07, 6.45) is 6.34. The lowest BCUT2D eigenvalue weighted by Gasteiger charge is -2.40. The topological polar surface area (TPSA) is 80.0 Å². The van der Waals surface area contributed by atoms with Crippen molar-refractivity contribution >= 4 is 23.2 Å². The summed E-state index contributed by atoms with van der Waals surface area (Å²) in [6, 6.07) is 9.03. The van der Waals surface area contributed by atoms with E-state index in [0.717, 1.165) is 43.6 Å². The van der Waals surface area contributed by atoms with Gasteiger partial charge in [0.05, 0.1) is 18.7 Å². The van der Waals surface area contributed by atoms with Crippen LogP contribution in [0.5, 0.6) is 0 Å². The minimum atomic E-state index is -0.380. The molecule has 0 unspecified atom stereocenters. The number of hydrogen-bond donors (Lipinski definition) is 0. The maximum atomic E-state index is 15.4. The molecule has 1 aromatic carbocycles. The first-order valence-corrected chi connectivity index (χ1v) is 13.6. The highest BCUT2D eigenvalue weighted by Gasteiger charge is 2.37. The Kier molecular flexibility index (Phi) is 7.36. The molecule has 0 spiro atoms. The van der Waals surface area contributed by atoms with E-state index in [1.807, 2.05) is 35.9 Å². The van der Waals surface area contributed by atoms with Gasteiger partial charge in [-0.15, -0.1) is 0 Å². The van der Waals surface area contributed by atoms with E-state index in [-0.39, 0.29) is 35.7 Å². The fourth-order valence-electron chi connectivity index (χ4n) is 5.66. The van der Waals surface area contributed by atoms with Crippen molar-refractivity contribution in [3.8, 4) is 11.3 Å². The number of halogens is 1. The van der Waals surface area contributed by atoms with Crippen LogP contribution in [-0.4, -0.2) is 64.2 Å². The Labute approximate surface area is 222 Å². The second-order valence-electron chi connectivity index (χ2n) is 10.6. The lowest BCUT2D eigenvalue weighted by molar-refractivity contribution is -0.148. The average Bonchev–Trinajstić information content (AvgIpc) is 3.20. The number of rotatable bonds is 6. The van der Waals surface area contributed by atoms with Gasteiger partial charge >= 0.3 is 5.97 Å². The molecule has 1 saturated carbocycles. The molecule has 0 radical (unpaired) electrons. The van der Waals surface area contributed by atoms with E-state index in [1.165, 1.54) is 13.2 Å². The lowest BCUT2D eigenvalue weighted by atomic mass is 9.79. The van der Waals surface area contributed by atoms with Crippen molar-refractivity contribution in [2.24, 2.45) is 5.92 Å². The van der Waals surface area contributed by atoms with Crippen molar-refractivity contribution in [3.05, 3.63) is 47.5 Å². The van der Waals surface area contributed by atoms with Crippen molar-refractivity contribution in [1.29, 1.82) is 0 Å². The molecule has 1 aliphatic carbocycles. The molecule has 5 rings (SSSR count). The van der Waals surface area contributed by atoms with Gasteiger partial charge in [-0.1, -0.05) is 19.8 Å². The van der Waals surface area contributed by atoms with Gasteiger partial charge in [-0.25, -0.2) is 13.9 Å². The molecule has 0 bridgehead atoms. The SMILES string of the molecule is CCc1cc(C(=O)N2CCCCC[C@H]2C)nc2cc(-c3ccc(N(C)C4CC(C(=O)OC)C4)cc3F)nn12. The summed E-state index contributed by atoms with van der Waals surface area (Å²) in [6.45, 7) is 4.86. The van der Waals surface area contributed by atoms with Crippen LogP contribution in [0.25, 0.3) is 16.9 Å². The Balaban J connectivity index is 1.40. The predicted molar refractivity (Wildman–Crippen MR) is 144 cm³/mol. The standard InChI is InChI=1S/C29H36FN5O3/c1-5-20-16-26(28(36)34-12-8-6-7-9-18(34)2)31-27-17-25(32-35(20)27)23-11-10-21(15-24(23)30)33(3)22-13-19(14-22)29(37)38-4/h10-11,15-19,22H,5-9,12-14H2,1-4H3/t18-,19?,22?/m1/s1. The molecule has 9 heteroatoms. The van der Waals surface area contributed by atoms with Crippen LogP contribution in [0, 0.1) is 11.7 Å². The molecule has 38 heavy (non-hydrogen) atoms. The highest BCUT2D eigenvalue weighted by atomic mass is 19.1. The molecule has 202 valence electrons. The van der Waals surface area contributed by atoms with Crippen LogP contribution in [0.3, 0.4) is 0 Å². The normalized spacial score (nSPS) is 21.6. The van der Waals surface area contributed by atoms with Crippen LogP contribution in [0.15, 0.2) is 30.3 Å². The largest absolute Gasteiger partial charge is 0.469 e. The van der Waals surface area contributed by atoms with Gasteiger partial charge in [-0.05, 0) is 63.3 Å². The van der Waals surface area contributed by atoms with Crippen LogP contribution in [-0.2, 0) is 16.0 Å². The number of aromatic nitrogens is 3. The third kappa shape index (κ3) is 4.86. The number of fused-ring (bicyclic) bond motifs is 1. The van der Waals surface area contributed by atoms with E-state index in [9.17, 15) is 9.59 Å². The summed E-state index contributed by atoms with van der Waals surface area (Å²) in [5.41, 5.74) is 3.40. The fraction of sp³-hybridized carbons (Fsp3) is 0.517. The molecular formula is C29H36FN5O3. The third-order valence-corrected chi connectivity index (χ3v) is 8.23. The maximum Gasteiger partial charge on any atom is 0.308 e. The van der Waals surface area contributed by atoms with E-state index in [1.54, 1.807) is 16.6 Å². The number of carbonyl (C=O) groups is 2.